The maximum atomic E-state index is 12.9. The predicted octanol–water partition coefficient (Wildman–Crippen LogP) is 2.53. The van der Waals surface area contributed by atoms with Gasteiger partial charge in [0.2, 0.25) is 11.8 Å². The quantitative estimate of drug-likeness (QED) is 0.832. The fourth-order valence-electron chi connectivity index (χ4n) is 3.32. The number of carbonyl (C=O) groups excluding carboxylic acids is 2. The molecule has 3 rings (SSSR count). The van der Waals surface area contributed by atoms with Crippen molar-refractivity contribution in [3.8, 4) is 0 Å². The van der Waals surface area contributed by atoms with Crippen molar-refractivity contribution >= 4 is 23.6 Å². The predicted molar refractivity (Wildman–Crippen MR) is 93.2 cm³/mol. The number of nitrogens with zero attached hydrogens (tertiary/aromatic N) is 2. The molecule has 0 unspecified atom stereocenters. The summed E-state index contributed by atoms with van der Waals surface area (Å²) in [6.07, 6.45) is 3.57. The summed E-state index contributed by atoms with van der Waals surface area (Å²) in [6, 6.07) is 10.5. The van der Waals surface area contributed by atoms with Crippen molar-refractivity contribution in [3.05, 3.63) is 35.9 Å². The van der Waals surface area contributed by atoms with Crippen LogP contribution < -0.4 is 0 Å². The number of benzene rings is 1. The lowest BCUT2D eigenvalue weighted by Gasteiger charge is -2.35. The van der Waals surface area contributed by atoms with E-state index in [0.29, 0.717) is 19.0 Å². The number of amides is 2. The molecular weight excluding hydrogens is 308 g/mol. The minimum absolute atomic E-state index is 0.0982. The third kappa shape index (κ3) is 4.28. The molecule has 5 heteroatoms. The molecule has 2 saturated heterocycles. The van der Waals surface area contributed by atoms with E-state index in [2.05, 4.69) is 12.1 Å². The molecule has 124 valence electrons. The Morgan fingerprint density at radius 1 is 1.22 bits per heavy atom. The molecular formula is C18H24N2O2S. The number of carbonyl (C=O) groups is 2. The van der Waals surface area contributed by atoms with E-state index in [1.807, 2.05) is 34.9 Å². The second-order valence-electron chi connectivity index (χ2n) is 6.27. The number of hydrogen-bond donors (Lipinski definition) is 0. The van der Waals surface area contributed by atoms with Gasteiger partial charge in [-0.3, -0.25) is 9.59 Å². The SMILES string of the molecule is O=C1CCCN1CC(=O)N(Cc1ccccc1)C1CCSCC1. The van der Waals surface area contributed by atoms with Crippen LogP contribution in [-0.4, -0.2) is 52.3 Å². The van der Waals surface area contributed by atoms with E-state index in [0.717, 1.165) is 42.9 Å². The zero-order valence-electron chi connectivity index (χ0n) is 13.4. The second-order valence-corrected chi connectivity index (χ2v) is 7.49. The highest BCUT2D eigenvalue weighted by molar-refractivity contribution is 7.99. The molecule has 0 radical (unpaired) electrons. The van der Waals surface area contributed by atoms with Gasteiger partial charge in [-0.2, -0.15) is 11.8 Å². The standard InChI is InChI=1S/C18H24N2O2S/c21-17-7-4-10-19(17)14-18(22)20(16-8-11-23-12-9-16)13-15-5-2-1-3-6-15/h1-3,5-6,16H,4,7-14H2. The van der Waals surface area contributed by atoms with Crippen LogP contribution in [0.15, 0.2) is 30.3 Å². The molecule has 0 aromatic heterocycles. The minimum Gasteiger partial charge on any atom is -0.334 e. The first-order chi connectivity index (χ1) is 11.2. The third-order valence-corrected chi connectivity index (χ3v) is 5.69. The second kappa shape index (κ2) is 7.86. The van der Waals surface area contributed by atoms with Crippen molar-refractivity contribution in [2.45, 2.75) is 38.3 Å². The minimum atomic E-state index is 0.0982. The van der Waals surface area contributed by atoms with Crippen LogP contribution in [0.25, 0.3) is 0 Å². The number of likely N-dealkylation sites (tertiary alicyclic amines) is 1. The topological polar surface area (TPSA) is 40.6 Å². The average Bonchev–Trinajstić information content (AvgIpc) is 2.99. The van der Waals surface area contributed by atoms with Crippen LogP contribution in [0.4, 0.5) is 0 Å². The Morgan fingerprint density at radius 3 is 2.61 bits per heavy atom. The van der Waals surface area contributed by atoms with E-state index in [1.54, 1.807) is 4.90 Å². The molecule has 1 aromatic rings. The summed E-state index contributed by atoms with van der Waals surface area (Å²) < 4.78 is 0. The summed E-state index contributed by atoms with van der Waals surface area (Å²) in [5.74, 6) is 2.45. The van der Waals surface area contributed by atoms with E-state index in [4.69, 9.17) is 0 Å². The van der Waals surface area contributed by atoms with Gasteiger partial charge in [-0.1, -0.05) is 30.3 Å². The lowest BCUT2D eigenvalue weighted by molar-refractivity contribution is -0.140. The first kappa shape index (κ1) is 16.4. The fourth-order valence-corrected chi connectivity index (χ4v) is 4.40. The molecule has 2 amide bonds. The van der Waals surface area contributed by atoms with Gasteiger partial charge >= 0.3 is 0 Å². The Bertz CT molecular complexity index is 543. The fraction of sp³-hybridized carbons (Fsp3) is 0.556. The summed E-state index contributed by atoms with van der Waals surface area (Å²) in [5, 5.41) is 0. The van der Waals surface area contributed by atoms with Crippen LogP contribution >= 0.6 is 11.8 Å². The molecule has 0 aliphatic carbocycles. The Balaban J connectivity index is 1.70. The summed E-state index contributed by atoms with van der Waals surface area (Å²) in [4.78, 5) is 28.4. The maximum Gasteiger partial charge on any atom is 0.242 e. The van der Waals surface area contributed by atoms with Crippen molar-refractivity contribution in [3.63, 3.8) is 0 Å². The summed E-state index contributed by atoms with van der Waals surface area (Å²) >= 11 is 1.96. The highest BCUT2D eigenvalue weighted by atomic mass is 32.2. The maximum absolute atomic E-state index is 12.9. The molecule has 2 aliphatic heterocycles. The van der Waals surface area contributed by atoms with Crippen molar-refractivity contribution in [2.75, 3.05) is 24.6 Å². The Morgan fingerprint density at radius 2 is 1.96 bits per heavy atom. The first-order valence-electron chi connectivity index (χ1n) is 8.43. The van der Waals surface area contributed by atoms with E-state index in [-0.39, 0.29) is 18.4 Å². The van der Waals surface area contributed by atoms with Crippen LogP contribution in [0.3, 0.4) is 0 Å². The number of hydrogen-bond acceptors (Lipinski definition) is 3. The van der Waals surface area contributed by atoms with E-state index >= 15 is 0 Å². The smallest absolute Gasteiger partial charge is 0.242 e. The van der Waals surface area contributed by atoms with Gasteiger partial charge in [0, 0.05) is 25.6 Å². The zero-order chi connectivity index (χ0) is 16.1. The molecule has 4 nitrogen and oxygen atoms in total. The lowest BCUT2D eigenvalue weighted by atomic mass is 10.1. The highest BCUT2D eigenvalue weighted by Crippen LogP contribution is 2.24. The largest absolute Gasteiger partial charge is 0.334 e. The van der Waals surface area contributed by atoms with Crippen LogP contribution in [0.2, 0.25) is 0 Å². The zero-order valence-corrected chi connectivity index (χ0v) is 14.3. The van der Waals surface area contributed by atoms with Gasteiger partial charge in [0.1, 0.15) is 0 Å². The molecule has 23 heavy (non-hydrogen) atoms. The van der Waals surface area contributed by atoms with E-state index < -0.39 is 0 Å². The van der Waals surface area contributed by atoms with Crippen molar-refractivity contribution < 1.29 is 9.59 Å². The van der Waals surface area contributed by atoms with Crippen LogP contribution in [0.5, 0.6) is 0 Å². The Hall–Kier alpha value is -1.49. The number of rotatable bonds is 5. The number of thioether (sulfide) groups is 1. The van der Waals surface area contributed by atoms with Gasteiger partial charge in [-0.25, -0.2) is 0 Å². The van der Waals surface area contributed by atoms with Crippen molar-refractivity contribution in [2.24, 2.45) is 0 Å². The third-order valence-electron chi connectivity index (χ3n) is 4.65. The molecule has 0 saturated carbocycles. The lowest BCUT2D eigenvalue weighted by Crippen LogP contribution is -2.46. The van der Waals surface area contributed by atoms with Crippen molar-refractivity contribution in [1.29, 1.82) is 0 Å². The monoisotopic (exact) mass is 332 g/mol. The Labute approximate surface area is 142 Å². The molecule has 0 N–H and O–H groups in total. The first-order valence-corrected chi connectivity index (χ1v) is 9.58. The summed E-state index contributed by atoms with van der Waals surface area (Å²) in [7, 11) is 0. The van der Waals surface area contributed by atoms with Gasteiger partial charge in [0.15, 0.2) is 0 Å². The van der Waals surface area contributed by atoms with Gasteiger partial charge < -0.3 is 9.80 Å². The molecule has 2 fully saturated rings. The van der Waals surface area contributed by atoms with E-state index in [9.17, 15) is 9.59 Å². The molecule has 2 aliphatic rings. The molecule has 0 bridgehead atoms. The Kier molecular flexibility index (Phi) is 5.60. The van der Waals surface area contributed by atoms with Gasteiger partial charge in [0.05, 0.1) is 6.54 Å². The average molecular weight is 332 g/mol. The van der Waals surface area contributed by atoms with Gasteiger partial charge in [-0.05, 0) is 36.3 Å². The normalized spacial score (nSPS) is 19.1. The van der Waals surface area contributed by atoms with Crippen LogP contribution in [0, 0.1) is 0 Å². The molecule has 1 aromatic carbocycles. The molecule has 0 atom stereocenters. The van der Waals surface area contributed by atoms with E-state index in [1.165, 1.54) is 0 Å². The summed E-state index contributed by atoms with van der Waals surface area (Å²) in [5.41, 5.74) is 1.16. The van der Waals surface area contributed by atoms with Gasteiger partial charge in [-0.15, -0.1) is 0 Å². The molecule has 0 spiro atoms. The molecule has 2 heterocycles. The van der Waals surface area contributed by atoms with Crippen LogP contribution in [-0.2, 0) is 16.1 Å². The summed E-state index contributed by atoms with van der Waals surface area (Å²) in [6.45, 7) is 1.62. The van der Waals surface area contributed by atoms with Crippen LogP contribution in [0.1, 0.15) is 31.2 Å². The highest BCUT2D eigenvalue weighted by Gasteiger charge is 2.29. The van der Waals surface area contributed by atoms with Crippen molar-refractivity contribution in [1.82, 2.24) is 9.80 Å². The van der Waals surface area contributed by atoms with Gasteiger partial charge in [0.25, 0.3) is 0 Å².